The van der Waals surface area contributed by atoms with Gasteiger partial charge in [-0.2, -0.15) is 0 Å². The molecule has 37 heavy (non-hydrogen) atoms. The minimum atomic E-state index is -3.62. The van der Waals surface area contributed by atoms with Crippen LogP contribution < -0.4 is 9.62 Å². The first-order valence-corrected chi connectivity index (χ1v) is 14.9. The number of nitrogens with one attached hydrogen (secondary N) is 1. The first-order chi connectivity index (χ1) is 17.2. The first-order valence-electron chi connectivity index (χ1n) is 12.0. The smallest absolute Gasteiger partial charge is 0.242 e. The maximum atomic E-state index is 13.4. The second kappa shape index (κ2) is 13.7. The molecule has 2 amide bonds. The second-order valence-electron chi connectivity index (χ2n) is 9.39. The quantitative estimate of drug-likeness (QED) is 0.344. The Labute approximate surface area is 235 Å². The molecule has 204 valence electrons. The number of rotatable bonds is 12. The van der Waals surface area contributed by atoms with Gasteiger partial charge in [0.2, 0.25) is 21.8 Å². The van der Waals surface area contributed by atoms with Crippen LogP contribution in [0.15, 0.2) is 36.4 Å². The van der Waals surface area contributed by atoms with E-state index in [2.05, 4.69) is 5.32 Å². The van der Waals surface area contributed by atoms with Crippen molar-refractivity contribution in [2.75, 3.05) is 23.7 Å². The van der Waals surface area contributed by atoms with Gasteiger partial charge in [0, 0.05) is 41.1 Å². The largest absolute Gasteiger partial charge is 0.354 e. The molecule has 0 aliphatic heterocycles. The van der Waals surface area contributed by atoms with E-state index in [9.17, 15) is 18.0 Å². The zero-order valence-electron chi connectivity index (χ0n) is 21.7. The summed E-state index contributed by atoms with van der Waals surface area (Å²) in [6, 6.07) is 9.27. The molecule has 0 saturated heterocycles. The van der Waals surface area contributed by atoms with Gasteiger partial charge < -0.3 is 10.2 Å². The maximum absolute atomic E-state index is 13.4. The molecule has 0 aliphatic carbocycles. The first kappa shape index (κ1) is 31.2. The van der Waals surface area contributed by atoms with Crippen molar-refractivity contribution in [2.45, 2.75) is 53.1 Å². The molecule has 7 nitrogen and oxygen atoms in total. The molecule has 1 atom stereocenters. The number of halogens is 3. The summed E-state index contributed by atoms with van der Waals surface area (Å²) in [4.78, 5) is 27.7. The van der Waals surface area contributed by atoms with Crippen molar-refractivity contribution in [3.63, 3.8) is 0 Å². The van der Waals surface area contributed by atoms with Gasteiger partial charge in [-0.15, -0.1) is 0 Å². The fourth-order valence-electron chi connectivity index (χ4n) is 3.72. The van der Waals surface area contributed by atoms with E-state index >= 15 is 0 Å². The number of sulfonamides is 1. The topological polar surface area (TPSA) is 86.8 Å². The summed E-state index contributed by atoms with van der Waals surface area (Å²) in [6.45, 7) is 8.04. The summed E-state index contributed by atoms with van der Waals surface area (Å²) < 4.78 is 26.3. The fourth-order valence-corrected chi connectivity index (χ4v) is 5.37. The van der Waals surface area contributed by atoms with Crippen LogP contribution in [-0.2, 0) is 26.2 Å². The van der Waals surface area contributed by atoms with E-state index in [-0.39, 0.29) is 43.7 Å². The molecule has 0 unspecified atom stereocenters. The number of hydrogen-bond acceptors (Lipinski definition) is 4. The van der Waals surface area contributed by atoms with Gasteiger partial charge in [-0.1, -0.05) is 60.8 Å². The zero-order valence-corrected chi connectivity index (χ0v) is 24.8. The Hall–Kier alpha value is -2.00. The third-order valence-corrected chi connectivity index (χ3v) is 8.04. The average molecular weight is 591 g/mol. The van der Waals surface area contributed by atoms with Gasteiger partial charge in [-0.3, -0.25) is 13.9 Å². The third kappa shape index (κ3) is 9.06. The van der Waals surface area contributed by atoms with Crippen molar-refractivity contribution in [2.24, 2.45) is 5.92 Å². The van der Waals surface area contributed by atoms with Crippen molar-refractivity contribution in [3.8, 4) is 0 Å². The molecule has 0 heterocycles. The predicted octanol–water partition coefficient (Wildman–Crippen LogP) is 5.69. The fraction of sp³-hybridized carbons (Fsp3) is 0.462. The molecule has 2 aromatic rings. The summed E-state index contributed by atoms with van der Waals surface area (Å²) in [5.74, 6) is -0.322. The van der Waals surface area contributed by atoms with Gasteiger partial charge in [0.05, 0.1) is 11.9 Å². The number of anilines is 1. The van der Waals surface area contributed by atoms with Gasteiger partial charge in [0.25, 0.3) is 0 Å². The summed E-state index contributed by atoms with van der Waals surface area (Å²) in [7, 11) is -3.62. The molecule has 0 aliphatic rings. The van der Waals surface area contributed by atoms with Crippen LogP contribution in [0.2, 0.25) is 15.1 Å². The highest BCUT2D eigenvalue weighted by Gasteiger charge is 2.27. The van der Waals surface area contributed by atoms with Crippen molar-refractivity contribution in [1.29, 1.82) is 0 Å². The molecular formula is C26H34Cl3N3O4S. The normalized spacial score (nSPS) is 12.4. The van der Waals surface area contributed by atoms with E-state index in [1.54, 1.807) is 50.2 Å². The van der Waals surface area contributed by atoms with Crippen LogP contribution >= 0.6 is 34.8 Å². The van der Waals surface area contributed by atoms with Crippen molar-refractivity contribution in [3.05, 3.63) is 62.6 Å². The monoisotopic (exact) mass is 589 g/mol. The summed E-state index contributed by atoms with van der Waals surface area (Å²) in [5.41, 5.74) is 1.75. The Morgan fingerprint density at radius 1 is 1.03 bits per heavy atom. The lowest BCUT2D eigenvalue weighted by Crippen LogP contribution is -2.48. The number of hydrogen-bond donors (Lipinski definition) is 1. The number of carbonyl (C=O) groups excluding carboxylic acids is 2. The van der Waals surface area contributed by atoms with Gasteiger partial charge in [-0.05, 0) is 61.6 Å². The van der Waals surface area contributed by atoms with E-state index in [0.29, 0.717) is 38.4 Å². The second-order valence-corrected chi connectivity index (χ2v) is 12.6. The highest BCUT2D eigenvalue weighted by atomic mass is 35.5. The molecule has 0 saturated carbocycles. The zero-order chi connectivity index (χ0) is 27.9. The van der Waals surface area contributed by atoms with Crippen LogP contribution in [0, 0.1) is 12.8 Å². The molecule has 0 spiro atoms. The SMILES string of the molecule is Cc1c(Cl)cccc1N(CCCC(=O)N(Cc1ccc(Cl)cc1Cl)[C@@H](C)C(=O)NCC(C)C)S(C)(=O)=O. The standard InChI is InChI=1S/C26H34Cl3N3O4S/c1-17(2)15-30-26(34)19(4)31(16-20-11-12-21(27)14-23(20)29)25(33)10-7-13-32(37(5,35)36)24-9-6-8-22(28)18(24)3/h6,8-9,11-12,14,17,19H,7,10,13,15-16H2,1-5H3,(H,30,34)/t19-/m0/s1. The molecule has 0 fully saturated rings. The molecule has 2 aromatic carbocycles. The van der Waals surface area contributed by atoms with E-state index in [1.165, 1.54) is 9.21 Å². The molecule has 0 bridgehead atoms. The van der Waals surface area contributed by atoms with Crippen LogP contribution in [0.4, 0.5) is 5.69 Å². The Morgan fingerprint density at radius 3 is 2.30 bits per heavy atom. The molecule has 11 heteroatoms. The summed E-state index contributed by atoms with van der Waals surface area (Å²) >= 11 is 18.6. The van der Waals surface area contributed by atoms with E-state index in [0.717, 1.165) is 6.26 Å². The van der Waals surface area contributed by atoms with Gasteiger partial charge >= 0.3 is 0 Å². The Bertz CT molecular complexity index is 1220. The van der Waals surface area contributed by atoms with Crippen LogP contribution in [-0.4, -0.2) is 50.5 Å². The summed E-state index contributed by atoms with van der Waals surface area (Å²) in [5, 5.41) is 4.17. The Kier molecular flexibility index (Phi) is 11.6. The van der Waals surface area contributed by atoms with E-state index in [1.807, 2.05) is 13.8 Å². The highest BCUT2D eigenvalue weighted by Crippen LogP contribution is 2.29. The minimum Gasteiger partial charge on any atom is -0.354 e. The lowest BCUT2D eigenvalue weighted by molar-refractivity contribution is -0.140. The van der Waals surface area contributed by atoms with Crippen molar-refractivity contribution < 1.29 is 18.0 Å². The van der Waals surface area contributed by atoms with Crippen LogP contribution in [0.5, 0.6) is 0 Å². The van der Waals surface area contributed by atoms with Gasteiger partial charge in [0.1, 0.15) is 6.04 Å². The molecule has 1 N–H and O–H groups in total. The van der Waals surface area contributed by atoms with Gasteiger partial charge in [0.15, 0.2) is 0 Å². The van der Waals surface area contributed by atoms with Crippen LogP contribution in [0.3, 0.4) is 0 Å². The average Bonchev–Trinajstić information content (AvgIpc) is 2.80. The van der Waals surface area contributed by atoms with Gasteiger partial charge in [-0.25, -0.2) is 8.42 Å². The Morgan fingerprint density at radius 2 is 1.70 bits per heavy atom. The van der Waals surface area contributed by atoms with E-state index < -0.39 is 16.1 Å². The number of nitrogens with zero attached hydrogens (tertiary/aromatic N) is 2. The van der Waals surface area contributed by atoms with E-state index in [4.69, 9.17) is 34.8 Å². The molecule has 0 aromatic heterocycles. The minimum absolute atomic E-state index is 0.0264. The summed E-state index contributed by atoms with van der Waals surface area (Å²) in [6.07, 6.45) is 1.38. The molecule has 2 rings (SSSR count). The number of amides is 2. The third-order valence-electron chi connectivity index (χ3n) is 5.87. The molecular weight excluding hydrogens is 557 g/mol. The maximum Gasteiger partial charge on any atom is 0.242 e. The number of benzene rings is 2. The van der Waals surface area contributed by atoms with Crippen LogP contribution in [0.1, 0.15) is 44.7 Å². The van der Waals surface area contributed by atoms with Crippen molar-refractivity contribution >= 4 is 62.3 Å². The lowest BCUT2D eigenvalue weighted by atomic mass is 10.1. The van der Waals surface area contributed by atoms with Crippen molar-refractivity contribution in [1.82, 2.24) is 10.2 Å². The highest BCUT2D eigenvalue weighted by molar-refractivity contribution is 7.92. The number of carbonyl (C=O) groups is 2. The molecule has 0 radical (unpaired) electrons. The lowest BCUT2D eigenvalue weighted by Gasteiger charge is -2.30. The Balaban J connectivity index is 2.23. The van der Waals surface area contributed by atoms with Crippen LogP contribution in [0.25, 0.3) is 0 Å². The predicted molar refractivity (Wildman–Crippen MR) is 152 cm³/mol.